The molecule has 0 bridgehead atoms. The van der Waals surface area contributed by atoms with Gasteiger partial charge in [-0.15, -0.1) is 10.2 Å². The minimum atomic E-state index is 0.350. The summed E-state index contributed by atoms with van der Waals surface area (Å²) in [5.74, 6) is 2.21. The number of H-pyrrole nitrogens is 1. The number of aromatic amines is 1. The summed E-state index contributed by atoms with van der Waals surface area (Å²) in [6, 6.07) is 7.80. The van der Waals surface area contributed by atoms with E-state index >= 15 is 0 Å². The number of rotatable bonds is 8. The number of hydrogen-bond donors (Lipinski definition) is 3. The molecule has 3 N–H and O–H groups in total. The lowest BCUT2D eigenvalue weighted by molar-refractivity contribution is 0.210. The van der Waals surface area contributed by atoms with E-state index in [2.05, 4.69) is 41.9 Å². The number of methoxy groups -OCH3 is 2. The largest absolute Gasteiger partial charge is 0.495 e. The summed E-state index contributed by atoms with van der Waals surface area (Å²) in [5, 5.41) is 24.5. The van der Waals surface area contributed by atoms with Crippen molar-refractivity contribution in [1.29, 1.82) is 5.26 Å². The van der Waals surface area contributed by atoms with Crippen molar-refractivity contribution in [1.82, 2.24) is 29.7 Å². The van der Waals surface area contributed by atoms with Crippen LogP contribution >= 0.6 is 0 Å². The number of hydrogen-bond acceptors (Lipinski definition) is 9. The number of ether oxygens (including phenoxy) is 2. The van der Waals surface area contributed by atoms with Gasteiger partial charge in [0, 0.05) is 32.5 Å². The van der Waals surface area contributed by atoms with E-state index in [1.807, 2.05) is 29.8 Å². The number of nitrogens with zero attached hydrogens (tertiary/aromatic N) is 6. The maximum absolute atomic E-state index is 9.40. The summed E-state index contributed by atoms with van der Waals surface area (Å²) in [6.07, 6.45) is 3.25. The van der Waals surface area contributed by atoms with Gasteiger partial charge in [-0.3, -0.25) is 0 Å². The number of nitrogens with one attached hydrogen (secondary N) is 3. The SMILES string of the molecule is COCCNc1nc(Nc2ccc(-c3nncn3C)cc2OC)nc2[nH]cc(C#N)c12. The van der Waals surface area contributed by atoms with Crippen molar-refractivity contribution in [3.05, 3.63) is 36.3 Å². The molecule has 0 amide bonds. The Hall–Kier alpha value is -4.17. The molecule has 0 spiro atoms. The third-order valence-electron chi connectivity index (χ3n) is 4.67. The molecule has 0 aliphatic heterocycles. The number of aromatic nitrogens is 6. The van der Waals surface area contributed by atoms with Gasteiger partial charge in [-0.1, -0.05) is 0 Å². The highest BCUT2D eigenvalue weighted by Gasteiger charge is 2.16. The van der Waals surface area contributed by atoms with E-state index in [1.54, 1.807) is 26.7 Å². The zero-order valence-electron chi connectivity index (χ0n) is 17.3. The first-order valence-electron chi connectivity index (χ1n) is 9.46. The van der Waals surface area contributed by atoms with Crippen LogP contribution in [0.2, 0.25) is 0 Å². The monoisotopic (exact) mass is 419 g/mol. The number of benzene rings is 1. The van der Waals surface area contributed by atoms with Crippen molar-refractivity contribution in [2.24, 2.45) is 7.05 Å². The van der Waals surface area contributed by atoms with Crippen molar-refractivity contribution in [2.45, 2.75) is 0 Å². The lowest BCUT2D eigenvalue weighted by atomic mass is 10.1. The van der Waals surface area contributed by atoms with Crippen LogP contribution in [0, 0.1) is 11.3 Å². The Labute approximate surface area is 178 Å². The Bertz CT molecular complexity index is 1260. The van der Waals surface area contributed by atoms with Gasteiger partial charge in [0.2, 0.25) is 5.95 Å². The zero-order valence-corrected chi connectivity index (χ0v) is 17.3. The molecular formula is C20H21N9O2. The first-order chi connectivity index (χ1) is 15.1. The molecule has 1 aromatic carbocycles. The van der Waals surface area contributed by atoms with Gasteiger partial charge >= 0.3 is 0 Å². The van der Waals surface area contributed by atoms with E-state index < -0.39 is 0 Å². The molecule has 0 unspecified atom stereocenters. The third kappa shape index (κ3) is 3.96. The smallest absolute Gasteiger partial charge is 0.231 e. The summed E-state index contributed by atoms with van der Waals surface area (Å²) < 4.78 is 12.5. The van der Waals surface area contributed by atoms with E-state index in [4.69, 9.17) is 9.47 Å². The van der Waals surface area contributed by atoms with Crippen LogP contribution in [0.4, 0.5) is 17.5 Å². The zero-order chi connectivity index (χ0) is 21.8. The lowest BCUT2D eigenvalue weighted by Crippen LogP contribution is -2.11. The molecule has 11 nitrogen and oxygen atoms in total. The summed E-state index contributed by atoms with van der Waals surface area (Å²) in [6.45, 7) is 1.03. The molecule has 0 fully saturated rings. The van der Waals surface area contributed by atoms with Gasteiger partial charge in [0.15, 0.2) is 5.82 Å². The highest BCUT2D eigenvalue weighted by Crippen LogP contribution is 2.32. The van der Waals surface area contributed by atoms with Crippen molar-refractivity contribution in [3.8, 4) is 23.2 Å². The van der Waals surface area contributed by atoms with E-state index in [0.29, 0.717) is 53.0 Å². The van der Waals surface area contributed by atoms with Crippen LogP contribution in [0.25, 0.3) is 22.4 Å². The molecule has 0 saturated carbocycles. The molecule has 158 valence electrons. The Balaban J connectivity index is 1.69. The first-order valence-corrected chi connectivity index (χ1v) is 9.46. The second kappa shape index (κ2) is 8.68. The highest BCUT2D eigenvalue weighted by molar-refractivity contribution is 5.93. The predicted molar refractivity (Wildman–Crippen MR) is 115 cm³/mol. The van der Waals surface area contributed by atoms with E-state index in [9.17, 15) is 5.26 Å². The summed E-state index contributed by atoms with van der Waals surface area (Å²) >= 11 is 0. The van der Waals surface area contributed by atoms with Crippen LogP contribution in [0.5, 0.6) is 5.75 Å². The predicted octanol–water partition coefficient (Wildman–Crippen LogP) is 2.44. The summed E-state index contributed by atoms with van der Waals surface area (Å²) in [7, 11) is 5.09. The van der Waals surface area contributed by atoms with Gasteiger partial charge in [-0.05, 0) is 18.2 Å². The fraction of sp³-hybridized carbons (Fsp3) is 0.250. The molecule has 0 radical (unpaired) electrons. The average molecular weight is 419 g/mol. The standard InChI is InChI=1S/C20H21N9O2/c1-29-11-24-28-19(29)12-4-5-14(15(8-12)31-3)25-20-26-17(22-6-7-30-2)16-13(9-21)10-23-18(16)27-20/h4-5,8,10-11H,6-7H2,1-3H3,(H3,22,23,25,26,27). The Kier molecular flexibility index (Phi) is 5.63. The van der Waals surface area contributed by atoms with Gasteiger partial charge in [0.1, 0.15) is 29.6 Å². The molecule has 0 aliphatic carbocycles. The van der Waals surface area contributed by atoms with Gasteiger partial charge in [-0.2, -0.15) is 15.2 Å². The van der Waals surface area contributed by atoms with Crippen molar-refractivity contribution in [3.63, 3.8) is 0 Å². The van der Waals surface area contributed by atoms with Gasteiger partial charge in [-0.25, -0.2) is 0 Å². The second-order valence-corrected chi connectivity index (χ2v) is 6.66. The minimum Gasteiger partial charge on any atom is -0.495 e. The molecule has 0 saturated heterocycles. The van der Waals surface area contributed by atoms with E-state index in [-0.39, 0.29) is 0 Å². The Morgan fingerprint density at radius 2 is 2.13 bits per heavy atom. The molecule has 4 aromatic rings. The first kappa shape index (κ1) is 20.1. The van der Waals surface area contributed by atoms with Crippen LogP contribution in [0.1, 0.15) is 5.56 Å². The molecular weight excluding hydrogens is 398 g/mol. The second-order valence-electron chi connectivity index (χ2n) is 6.66. The molecule has 4 rings (SSSR count). The summed E-state index contributed by atoms with van der Waals surface area (Å²) in [4.78, 5) is 12.1. The van der Waals surface area contributed by atoms with Gasteiger partial charge < -0.3 is 29.7 Å². The maximum atomic E-state index is 9.40. The van der Waals surface area contributed by atoms with Crippen molar-refractivity contribution in [2.75, 3.05) is 38.0 Å². The summed E-state index contributed by atoms with van der Waals surface area (Å²) in [5.41, 5.74) is 2.56. The average Bonchev–Trinajstić information content (AvgIpc) is 3.40. The van der Waals surface area contributed by atoms with Gasteiger partial charge in [0.25, 0.3) is 0 Å². The normalized spacial score (nSPS) is 10.8. The lowest BCUT2D eigenvalue weighted by Gasteiger charge is -2.13. The van der Waals surface area contributed by atoms with Gasteiger partial charge in [0.05, 0.1) is 30.4 Å². The van der Waals surface area contributed by atoms with Crippen molar-refractivity contribution < 1.29 is 9.47 Å². The fourth-order valence-electron chi connectivity index (χ4n) is 3.18. The van der Waals surface area contributed by atoms with Crippen LogP contribution in [-0.2, 0) is 11.8 Å². The quantitative estimate of drug-likeness (QED) is 0.367. The maximum Gasteiger partial charge on any atom is 0.231 e. The third-order valence-corrected chi connectivity index (χ3v) is 4.67. The van der Waals surface area contributed by atoms with E-state index in [1.165, 1.54) is 0 Å². The minimum absolute atomic E-state index is 0.350. The van der Waals surface area contributed by atoms with Crippen LogP contribution in [-0.4, -0.2) is 57.1 Å². The number of anilines is 3. The van der Waals surface area contributed by atoms with Crippen LogP contribution < -0.4 is 15.4 Å². The molecule has 31 heavy (non-hydrogen) atoms. The molecule has 11 heteroatoms. The van der Waals surface area contributed by atoms with Crippen LogP contribution in [0.15, 0.2) is 30.7 Å². The highest BCUT2D eigenvalue weighted by atomic mass is 16.5. The van der Waals surface area contributed by atoms with E-state index in [0.717, 1.165) is 11.4 Å². The number of fused-ring (bicyclic) bond motifs is 1. The van der Waals surface area contributed by atoms with Crippen LogP contribution in [0.3, 0.4) is 0 Å². The van der Waals surface area contributed by atoms with Crippen molar-refractivity contribution >= 4 is 28.5 Å². The number of nitriles is 1. The molecule has 0 aliphatic rings. The molecule has 3 heterocycles. The molecule has 3 aromatic heterocycles. The Morgan fingerprint density at radius 1 is 1.26 bits per heavy atom. The molecule has 0 atom stereocenters. The number of aryl methyl sites for hydroxylation is 1. The Morgan fingerprint density at radius 3 is 2.84 bits per heavy atom. The fourth-order valence-corrected chi connectivity index (χ4v) is 3.18. The topological polar surface area (TPSA) is 139 Å².